The number of anilines is 1. The number of methoxy groups -OCH3 is 2. The number of nitrogens with zero attached hydrogens (tertiary/aromatic N) is 1. The van der Waals surface area contributed by atoms with E-state index in [4.69, 9.17) is 21.1 Å². The van der Waals surface area contributed by atoms with Crippen molar-refractivity contribution in [1.29, 1.82) is 0 Å². The third kappa shape index (κ3) is 6.54. The third-order valence-electron chi connectivity index (χ3n) is 4.25. The lowest BCUT2D eigenvalue weighted by atomic mass is 10.1. The Morgan fingerprint density at radius 1 is 1.14 bits per heavy atom. The second-order valence-electron chi connectivity index (χ2n) is 6.35. The van der Waals surface area contributed by atoms with Crippen LogP contribution in [0.5, 0.6) is 11.5 Å². The van der Waals surface area contributed by atoms with Gasteiger partial charge in [0.05, 0.1) is 26.2 Å². The Kier molecular flexibility index (Phi) is 8.16. The van der Waals surface area contributed by atoms with Gasteiger partial charge in [-0.05, 0) is 36.6 Å². The van der Waals surface area contributed by atoms with Crippen molar-refractivity contribution in [1.82, 2.24) is 5.32 Å². The molecule has 0 bridgehead atoms. The zero-order valence-corrected chi connectivity index (χ0v) is 18.2. The third-order valence-corrected chi connectivity index (χ3v) is 5.74. The number of aryl methyl sites for hydroxylation is 1. The van der Waals surface area contributed by atoms with E-state index in [9.17, 15) is 13.2 Å². The maximum Gasteiger partial charge on any atom is 0.240 e. The predicted octanol–water partition coefficient (Wildman–Crippen LogP) is 2.87. The Labute approximate surface area is 176 Å². The zero-order valence-electron chi connectivity index (χ0n) is 16.6. The van der Waals surface area contributed by atoms with E-state index in [2.05, 4.69) is 5.32 Å². The molecular formula is C20H25ClN2O5S. The molecule has 2 rings (SSSR count). The second kappa shape index (κ2) is 10.4. The molecule has 0 radical (unpaired) electrons. The van der Waals surface area contributed by atoms with E-state index in [1.165, 1.54) is 14.2 Å². The van der Waals surface area contributed by atoms with Crippen LogP contribution in [0.15, 0.2) is 42.5 Å². The molecule has 0 fully saturated rings. The molecule has 158 valence electrons. The van der Waals surface area contributed by atoms with Crippen molar-refractivity contribution < 1.29 is 22.7 Å². The molecule has 0 aromatic heterocycles. The number of hydrogen-bond donors (Lipinski definition) is 1. The molecule has 0 atom stereocenters. The first-order valence-electron chi connectivity index (χ1n) is 8.96. The highest BCUT2D eigenvalue weighted by molar-refractivity contribution is 7.92. The van der Waals surface area contributed by atoms with Gasteiger partial charge in [-0.2, -0.15) is 0 Å². The van der Waals surface area contributed by atoms with Gasteiger partial charge in [-0.1, -0.05) is 29.8 Å². The minimum Gasteiger partial charge on any atom is -0.497 e. The fourth-order valence-electron chi connectivity index (χ4n) is 2.77. The molecule has 0 aliphatic rings. The van der Waals surface area contributed by atoms with Crippen LogP contribution in [-0.4, -0.2) is 47.9 Å². The van der Waals surface area contributed by atoms with Crippen LogP contribution in [0.3, 0.4) is 0 Å². The molecule has 0 saturated carbocycles. The van der Waals surface area contributed by atoms with Gasteiger partial charge in [0, 0.05) is 17.6 Å². The summed E-state index contributed by atoms with van der Waals surface area (Å²) < 4.78 is 36.0. The molecule has 0 unspecified atom stereocenters. The lowest BCUT2D eigenvalue weighted by Gasteiger charge is -2.24. The fourth-order valence-corrected chi connectivity index (χ4v) is 3.86. The molecule has 0 saturated heterocycles. The molecule has 0 aliphatic carbocycles. The number of sulfonamides is 1. The number of carbonyl (C=O) groups excluding carboxylic acids is 1. The van der Waals surface area contributed by atoms with Gasteiger partial charge in [-0.25, -0.2) is 8.42 Å². The summed E-state index contributed by atoms with van der Waals surface area (Å²) in [5, 5.41) is 3.44. The van der Waals surface area contributed by atoms with Gasteiger partial charge in [0.2, 0.25) is 15.9 Å². The summed E-state index contributed by atoms with van der Waals surface area (Å²) >= 11 is 6.12. The normalized spacial score (nSPS) is 11.0. The van der Waals surface area contributed by atoms with Gasteiger partial charge in [0.1, 0.15) is 18.0 Å². The minimum atomic E-state index is -3.71. The number of hydrogen-bond acceptors (Lipinski definition) is 5. The maximum atomic E-state index is 12.4. The summed E-state index contributed by atoms with van der Waals surface area (Å²) in [6.07, 6.45) is 2.43. The maximum absolute atomic E-state index is 12.4. The van der Waals surface area contributed by atoms with E-state index in [0.717, 1.165) is 16.1 Å². The first-order valence-corrected chi connectivity index (χ1v) is 11.2. The molecule has 0 aliphatic heterocycles. The summed E-state index contributed by atoms with van der Waals surface area (Å²) in [5.41, 5.74) is 1.27. The molecule has 1 amide bonds. The van der Waals surface area contributed by atoms with E-state index < -0.39 is 15.9 Å². The Bertz CT molecular complexity index is 950. The van der Waals surface area contributed by atoms with Crippen LogP contribution < -0.4 is 19.1 Å². The molecule has 0 heterocycles. The van der Waals surface area contributed by atoms with Gasteiger partial charge in [0.15, 0.2) is 0 Å². The average Bonchev–Trinajstić information content (AvgIpc) is 2.69. The van der Waals surface area contributed by atoms with Crippen molar-refractivity contribution in [2.75, 3.05) is 37.9 Å². The number of amides is 1. The van der Waals surface area contributed by atoms with Gasteiger partial charge >= 0.3 is 0 Å². The van der Waals surface area contributed by atoms with Gasteiger partial charge in [-0.3, -0.25) is 9.10 Å². The van der Waals surface area contributed by atoms with E-state index in [1.807, 2.05) is 24.3 Å². The molecule has 7 nitrogen and oxygen atoms in total. The quantitative estimate of drug-likeness (QED) is 0.574. The van der Waals surface area contributed by atoms with Crippen molar-refractivity contribution in [2.45, 2.75) is 12.8 Å². The van der Waals surface area contributed by atoms with Gasteiger partial charge in [-0.15, -0.1) is 0 Å². The monoisotopic (exact) mass is 440 g/mol. The Morgan fingerprint density at radius 3 is 2.48 bits per heavy atom. The summed E-state index contributed by atoms with van der Waals surface area (Å²) in [6.45, 7) is 0.0506. The van der Waals surface area contributed by atoms with Gasteiger partial charge in [0.25, 0.3) is 0 Å². The minimum absolute atomic E-state index is 0.266. The Hall–Kier alpha value is -2.45. The first kappa shape index (κ1) is 22.8. The lowest BCUT2D eigenvalue weighted by molar-refractivity contribution is -0.119. The van der Waals surface area contributed by atoms with Crippen molar-refractivity contribution in [2.24, 2.45) is 0 Å². The second-order valence-corrected chi connectivity index (χ2v) is 8.67. The van der Waals surface area contributed by atoms with E-state index in [-0.39, 0.29) is 12.2 Å². The zero-order chi connectivity index (χ0) is 21.4. The van der Waals surface area contributed by atoms with Gasteiger partial charge < -0.3 is 14.8 Å². The average molecular weight is 441 g/mol. The van der Waals surface area contributed by atoms with E-state index >= 15 is 0 Å². The summed E-state index contributed by atoms with van der Waals surface area (Å²) in [6, 6.07) is 12.2. The van der Waals surface area contributed by atoms with Crippen molar-refractivity contribution >= 4 is 33.2 Å². The Morgan fingerprint density at radius 2 is 1.86 bits per heavy atom. The number of rotatable bonds is 10. The number of carbonyl (C=O) groups is 1. The van der Waals surface area contributed by atoms with Crippen LogP contribution in [0.4, 0.5) is 5.69 Å². The lowest BCUT2D eigenvalue weighted by Crippen LogP contribution is -2.40. The molecular weight excluding hydrogens is 416 g/mol. The molecule has 0 spiro atoms. The summed E-state index contributed by atoms with van der Waals surface area (Å²) in [4.78, 5) is 12.4. The number of benzene rings is 2. The van der Waals surface area contributed by atoms with Crippen LogP contribution in [-0.2, 0) is 21.2 Å². The fraction of sp³-hybridized carbons (Fsp3) is 0.350. The number of ether oxygens (including phenoxy) is 2. The van der Waals surface area contributed by atoms with E-state index in [1.54, 1.807) is 18.2 Å². The number of halogens is 1. The van der Waals surface area contributed by atoms with Crippen LogP contribution in [0.2, 0.25) is 5.02 Å². The van der Waals surface area contributed by atoms with Crippen molar-refractivity contribution in [3.05, 3.63) is 53.1 Å². The largest absolute Gasteiger partial charge is 0.497 e. The number of nitrogens with one attached hydrogen (secondary N) is 1. The molecule has 9 heteroatoms. The highest BCUT2D eigenvalue weighted by atomic mass is 35.5. The van der Waals surface area contributed by atoms with Crippen molar-refractivity contribution in [3.63, 3.8) is 0 Å². The summed E-state index contributed by atoms with van der Waals surface area (Å²) in [5.74, 6) is 0.400. The first-order chi connectivity index (χ1) is 13.8. The standard InChI is InChI=1S/C20H25ClN2O5S/c1-27-16-10-11-18(19(13-16)28-2)23(29(3,25)26)14-20(24)22-12-6-8-15-7-4-5-9-17(15)21/h4-5,7,9-11,13H,6,8,12,14H2,1-3H3,(H,22,24). The summed E-state index contributed by atoms with van der Waals surface area (Å²) in [7, 11) is -0.787. The highest BCUT2D eigenvalue weighted by Crippen LogP contribution is 2.33. The van der Waals surface area contributed by atoms with Crippen LogP contribution in [0.25, 0.3) is 0 Å². The van der Waals surface area contributed by atoms with Crippen LogP contribution in [0, 0.1) is 0 Å². The molecule has 2 aromatic carbocycles. The Balaban J connectivity index is 2.02. The molecule has 29 heavy (non-hydrogen) atoms. The highest BCUT2D eigenvalue weighted by Gasteiger charge is 2.24. The predicted molar refractivity (Wildman–Crippen MR) is 115 cm³/mol. The molecule has 1 N–H and O–H groups in total. The SMILES string of the molecule is COc1ccc(N(CC(=O)NCCCc2ccccc2Cl)S(C)(=O)=O)c(OC)c1. The molecule has 2 aromatic rings. The van der Waals surface area contributed by atoms with Crippen LogP contribution in [0.1, 0.15) is 12.0 Å². The van der Waals surface area contributed by atoms with Crippen molar-refractivity contribution in [3.8, 4) is 11.5 Å². The smallest absolute Gasteiger partial charge is 0.240 e. The van der Waals surface area contributed by atoms with Crippen LogP contribution >= 0.6 is 11.6 Å². The van der Waals surface area contributed by atoms with E-state index in [0.29, 0.717) is 35.9 Å². The topological polar surface area (TPSA) is 84.9 Å².